The summed E-state index contributed by atoms with van der Waals surface area (Å²) in [5.41, 5.74) is 7.42. The topological polar surface area (TPSA) is 51.4 Å². The first-order valence-corrected chi connectivity index (χ1v) is 6.26. The van der Waals surface area contributed by atoms with Crippen LogP contribution in [0, 0.1) is 5.41 Å². The van der Waals surface area contributed by atoms with Crippen LogP contribution in [0.25, 0.3) is 0 Å². The van der Waals surface area contributed by atoms with Gasteiger partial charge in [0.1, 0.15) is 5.82 Å². The molecule has 2 fully saturated rings. The minimum atomic E-state index is 0.467. The van der Waals surface area contributed by atoms with Crippen LogP contribution in [-0.2, 0) is 11.3 Å². The maximum Gasteiger partial charge on any atom is 0.123 e. The largest absolute Gasteiger partial charge is 0.384 e. The van der Waals surface area contributed by atoms with E-state index >= 15 is 0 Å². The fraction of sp³-hybridized carbons (Fsp3) is 0.615. The molecule has 2 aliphatic rings. The van der Waals surface area contributed by atoms with Gasteiger partial charge < -0.3 is 10.5 Å². The molecule has 0 aromatic carbocycles. The molecule has 1 aliphatic carbocycles. The molecule has 0 unspecified atom stereocenters. The zero-order chi connectivity index (χ0) is 11.7. The van der Waals surface area contributed by atoms with Gasteiger partial charge in [0.25, 0.3) is 0 Å². The minimum absolute atomic E-state index is 0.467. The van der Waals surface area contributed by atoms with Crippen LogP contribution in [0.2, 0.25) is 0 Å². The van der Waals surface area contributed by atoms with E-state index in [-0.39, 0.29) is 0 Å². The Morgan fingerprint density at radius 3 is 3.12 bits per heavy atom. The van der Waals surface area contributed by atoms with Crippen LogP contribution in [0.5, 0.6) is 0 Å². The van der Waals surface area contributed by atoms with Crippen LogP contribution in [0.15, 0.2) is 18.3 Å². The normalized spacial score (nSPS) is 23.5. The van der Waals surface area contributed by atoms with Crippen molar-refractivity contribution >= 4 is 5.82 Å². The van der Waals surface area contributed by atoms with Crippen LogP contribution in [0.1, 0.15) is 18.4 Å². The Balaban J connectivity index is 1.67. The van der Waals surface area contributed by atoms with Crippen molar-refractivity contribution in [1.82, 2.24) is 9.88 Å². The Labute approximate surface area is 102 Å². The first kappa shape index (κ1) is 11.0. The molecule has 3 rings (SSSR count). The maximum atomic E-state index is 5.71. The number of rotatable bonds is 2. The van der Waals surface area contributed by atoms with Gasteiger partial charge in [0.05, 0.1) is 13.2 Å². The number of anilines is 1. The highest BCUT2D eigenvalue weighted by Crippen LogP contribution is 2.47. The monoisotopic (exact) mass is 233 g/mol. The van der Waals surface area contributed by atoms with Gasteiger partial charge >= 0.3 is 0 Å². The molecule has 0 amide bonds. The van der Waals surface area contributed by atoms with Crippen molar-refractivity contribution in [2.24, 2.45) is 5.41 Å². The summed E-state index contributed by atoms with van der Waals surface area (Å²) in [6, 6.07) is 4.01. The van der Waals surface area contributed by atoms with E-state index in [1.165, 1.54) is 18.4 Å². The third kappa shape index (κ3) is 2.58. The Hall–Kier alpha value is -1.13. The third-order valence-corrected chi connectivity index (χ3v) is 3.73. The molecule has 0 radical (unpaired) electrons. The highest BCUT2D eigenvalue weighted by molar-refractivity contribution is 5.31. The maximum absolute atomic E-state index is 5.71. The van der Waals surface area contributed by atoms with Crippen LogP contribution >= 0.6 is 0 Å². The second kappa shape index (κ2) is 4.27. The Morgan fingerprint density at radius 1 is 1.47 bits per heavy atom. The molecule has 2 N–H and O–H groups in total. The van der Waals surface area contributed by atoms with Crippen LogP contribution in [-0.4, -0.2) is 36.2 Å². The molecule has 0 bridgehead atoms. The van der Waals surface area contributed by atoms with E-state index in [4.69, 9.17) is 10.5 Å². The van der Waals surface area contributed by atoms with Gasteiger partial charge in [-0.05, 0) is 30.5 Å². The molecule has 1 spiro atoms. The lowest BCUT2D eigenvalue weighted by Gasteiger charge is -2.22. The van der Waals surface area contributed by atoms with E-state index in [2.05, 4.69) is 9.88 Å². The number of hydrogen-bond acceptors (Lipinski definition) is 4. The number of aromatic nitrogens is 1. The smallest absolute Gasteiger partial charge is 0.123 e. The van der Waals surface area contributed by atoms with Crippen molar-refractivity contribution in [1.29, 1.82) is 0 Å². The standard InChI is InChI=1S/C13H19N3O/c14-12-7-11(1-4-15-12)8-16-5-6-17-10-13(9-16)2-3-13/h1,4,7H,2-3,5-6,8-10H2,(H2,14,15). The molecule has 1 saturated carbocycles. The zero-order valence-electron chi connectivity index (χ0n) is 10.1. The first-order valence-electron chi connectivity index (χ1n) is 6.26. The SMILES string of the molecule is Nc1cc(CN2CCOCC3(CC3)C2)ccn1. The number of pyridine rings is 1. The number of nitrogens with two attached hydrogens (primary N) is 1. The summed E-state index contributed by atoms with van der Waals surface area (Å²) >= 11 is 0. The number of nitrogens with zero attached hydrogens (tertiary/aromatic N) is 2. The lowest BCUT2D eigenvalue weighted by atomic mass is 10.1. The summed E-state index contributed by atoms with van der Waals surface area (Å²) in [6.45, 7) is 4.93. The predicted octanol–water partition coefficient (Wildman–Crippen LogP) is 1.28. The number of hydrogen-bond donors (Lipinski definition) is 1. The fourth-order valence-electron chi connectivity index (χ4n) is 2.55. The average Bonchev–Trinajstić information content (AvgIpc) is 3.07. The van der Waals surface area contributed by atoms with Crippen LogP contribution in [0.3, 0.4) is 0 Å². The second-order valence-electron chi connectivity index (χ2n) is 5.35. The van der Waals surface area contributed by atoms with Gasteiger partial charge in [0.2, 0.25) is 0 Å². The van der Waals surface area contributed by atoms with Gasteiger partial charge in [0, 0.05) is 31.2 Å². The fourth-order valence-corrected chi connectivity index (χ4v) is 2.55. The highest BCUT2D eigenvalue weighted by atomic mass is 16.5. The van der Waals surface area contributed by atoms with Gasteiger partial charge in [-0.3, -0.25) is 4.90 Å². The van der Waals surface area contributed by atoms with Crippen LogP contribution < -0.4 is 5.73 Å². The lowest BCUT2D eigenvalue weighted by Crippen LogP contribution is -2.30. The van der Waals surface area contributed by atoms with Crippen molar-refractivity contribution in [2.75, 3.05) is 32.0 Å². The van der Waals surface area contributed by atoms with Gasteiger partial charge in [-0.25, -0.2) is 4.98 Å². The average molecular weight is 233 g/mol. The molecule has 1 aromatic heterocycles. The summed E-state index contributed by atoms with van der Waals surface area (Å²) < 4.78 is 5.69. The molecule has 1 aliphatic heterocycles. The molecule has 4 heteroatoms. The van der Waals surface area contributed by atoms with Gasteiger partial charge in [-0.15, -0.1) is 0 Å². The first-order chi connectivity index (χ1) is 8.26. The third-order valence-electron chi connectivity index (χ3n) is 3.73. The van der Waals surface area contributed by atoms with Crippen LogP contribution in [0.4, 0.5) is 5.82 Å². The summed E-state index contributed by atoms with van der Waals surface area (Å²) in [5, 5.41) is 0. The van der Waals surface area contributed by atoms with Crippen molar-refractivity contribution in [3.63, 3.8) is 0 Å². The van der Waals surface area contributed by atoms with E-state index < -0.39 is 0 Å². The predicted molar refractivity (Wildman–Crippen MR) is 66.4 cm³/mol. The molecule has 1 aromatic rings. The molecule has 4 nitrogen and oxygen atoms in total. The number of nitrogen functional groups attached to an aromatic ring is 1. The number of ether oxygens (including phenoxy) is 1. The molecule has 0 atom stereocenters. The van der Waals surface area contributed by atoms with Crippen molar-refractivity contribution < 1.29 is 4.74 Å². The Morgan fingerprint density at radius 2 is 2.35 bits per heavy atom. The molecule has 2 heterocycles. The molecule has 92 valence electrons. The van der Waals surface area contributed by atoms with Crippen molar-refractivity contribution in [3.8, 4) is 0 Å². The van der Waals surface area contributed by atoms with Crippen molar-refractivity contribution in [2.45, 2.75) is 19.4 Å². The molecular formula is C13H19N3O. The molecular weight excluding hydrogens is 214 g/mol. The Bertz CT molecular complexity index is 403. The highest BCUT2D eigenvalue weighted by Gasteiger charge is 2.45. The second-order valence-corrected chi connectivity index (χ2v) is 5.35. The zero-order valence-corrected chi connectivity index (χ0v) is 10.1. The molecule has 17 heavy (non-hydrogen) atoms. The quantitative estimate of drug-likeness (QED) is 0.836. The van der Waals surface area contributed by atoms with E-state index in [1.54, 1.807) is 6.20 Å². The van der Waals surface area contributed by atoms with E-state index in [9.17, 15) is 0 Å². The Kier molecular flexibility index (Phi) is 2.76. The van der Waals surface area contributed by atoms with Gasteiger partial charge in [0.15, 0.2) is 0 Å². The minimum Gasteiger partial charge on any atom is -0.384 e. The lowest BCUT2D eigenvalue weighted by molar-refractivity contribution is 0.115. The van der Waals surface area contributed by atoms with E-state index in [0.717, 1.165) is 32.8 Å². The van der Waals surface area contributed by atoms with E-state index in [0.29, 0.717) is 11.2 Å². The van der Waals surface area contributed by atoms with Crippen molar-refractivity contribution in [3.05, 3.63) is 23.9 Å². The van der Waals surface area contributed by atoms with E-state index in [1.807, 2.05) is 12.1 Å². The summed E-state index contributed by atoms with van der Waals surface area (Å²) in [6.07, 6.45) is 4.43. The van der Waals surface area contributed by atoms with Gasteiger partial charge in [-0.2, -0.15) is 0 Å². The summed E-state index contributed by atoms with van der Waals surface area (Å²) in [4.78, 5) is 6.51. The summed E-state index contributed by atoms with van der Waals surface area (Å²) in [7, 11) is 0. The molecule has 1 saturated heterocycles. The summed E-state index contributed by atoms with van der Waals surface area (Å²) in [5.74, 6) is 0.606. The van der Waals surface area contributed by atoms with Gasteiger partial charge in [-0.1, -0.05) is 0 Å².